The van der Waals surface area contributed by atoms with Gasteiger partial charge in [-0.1, -0.05) is 0 Å². The fourth-order valence-corrected chi connectivity index (χ4v) is 3.49. The summed E-state index contributed by atoms with van der Waals surface area (Å²) >= 11 is 0. The Labute approximate surface area is 131 Å². The molecule has 3 aliphatic rings. The first kappa shape index (κ1) is 13.9. The van der Waals surface area contributed by atoms with Crippen LogP contribution in [-0.4, -0.2) is 43.3 Å². The van der Waals surface area contributed by atoms with Crippen LogP contribution in [0.2, 0.25) is 0 Å². The lowest BCUT2D eigenvalue weighted by Crippen LogP contribution is -2.51. The zero-order valence-electron chi connectivity index (χ0n) is 12.8. The number of carbonyl (C=O) groups is 1. The summed E-state index contributed by atoms with van der Waals surface area (Å²) in [6.45, 7) is 3.06. The minimum Gasteiger partial charge on any atom is -0.385 e. The van der Waals surface area contributed by atoms with Crippen molar-refractivity contribution in [3.63, 3.8) is 0 Å². The average molecular weight is 301 g/mol. The first-order valence-electron chi connectivity index (χ1n) is 8.33. The van der Waals surface area contributed by atoms with Crippen molar-refractivity contribution < 1.29 is 9.53 Å². The van der Waals surface area contributed by atoms with Gasteiger partial charge in [-0.15, -0.1) is 0 Å². The van der Waals surface area contributed by atoms with E-state index in [1.807, 2.05) is 11.0 Å². The van der Waals surface area contributed by atoms with Crippen molar-refractivity contribution in [2.75, 3.05) is 36.9 Å². The monoisotopic (exact) mass is 301 g/mol. The number of fused-ring (bicyclic) bond motifs is 1. The Morgan fingerprint density at radius 1 is 1.36 bits per heavy atom. The highest BCUT2D eigenvalue weighted by Crippen LogP contribution is 2.36. The second-order valence-corrected chi connectivity index (χ2v) is 6.51. The van der Waals surface area contributed by atoms with Crippen molar-refractivity contribution in [2.24, 2.45) is 5.92 Å². The predicted octanol–water partition coefficient (Wildman–Crippen LogP) is 2.69. The van der Waals surface area contributed by atoms with E-state index in [2.05, 4.69) is 22.8 Å². The van der Waals surface area contributed by atoms with E-state index in [1.54, 1.807) is 0 Å². The molecular formula is C17H23N3O2. The van der Waals surface area contributed by atoms with Gasteiger partial charge in [-0.05, 0) is 55.4 Å². The molecule has 1 aromatic rings. The number of ether oxygens (including phenoxy) is 1. The van der Waals surface area contributed by atoms with Gasteiger partial charge in [-0.25, -0.2) is 4.79 Å². The number of nitrogens with one attached hydrogen (secondary N) is 2. The highest BCUT2D eigenvalue weighted by atomic mass is 16.5. The van der Waals surface area contributed by atoms with Gasteiger partial charge < -0.3 is 20.3 Å². The molecule has 0 bridgehead atoms. The largest absolute Gasteiger partial charge is 0.385 e. The molecule has 2 aliphatic heterocycles. The van der Waals surface area contributed by atoms with Gasteiger partial charge >= 0.3 is 6.03 Å². The van der Waals surface area contributed by atoms with E-state index in [1.165, 1.54) is 24.1 Å². The van der Waals surface area contributed by atoms with Crippen LogP contribution >= 0.6 is 0 Å². The lowest BCUT2D eigenvalue weighted by molar-refractivity contribution is 0.00773. The molecule has 0 spiro atoms. The van der Waals surface area contributed by atoms with Crippen molar-refractivity contribution in [1.82, 2.24) is 4.90 Å². The van der Waals surface area contributed by atoms with E-state index in [4.69, 9.17) is 4.74 Å². The molecule has 5 heteroatoms. The summed E-state index contributed by atoms with van der Waals surface area (Å²) in [6.07, 6.45) is 4.68. The second kappa shape index (κ2) is 5.80. The van der Waals surface area contributed by atoms with Crippen molar-refractivity contribution >= 4 is 17.4 Å². The average Bonchev–Trinajstić information content (AvgIpc) is 3.39. The Balaban J connectivity index is 1.46. The molecule has 1 saturated heterocycles. The molecule has 1 aliphatic carbocycles. The minimum atomic E-state index is 0.0175. The number of benzene rings is 1. The van der Waals surface area contributed by atoms with Gasteiger partial charge in [-0.2, -0.15) is 0 Å². The van der Waals surface area contributed by atoms with Gasteiger partial charge in [0.1, 0.15) is 0 Å². The maximum atomic E-state index is 12.6. The molecule has 118 valence electrons. The molecule has 1 atom stereocenters. The van der Waals surface area contributed by atoms with Crippen LogP contribution in [-0.2, 0) is 11.2 Å². The van der Waals surface area contributed by atoms with Crippen LogP contribution in [0.25, 0.3) is 0 Å². The zero-order chi connectivity index (χ0) is 14.9. The van der Waals surface area contributed by atoms with Crippen molar-refractivity contribution in [3.8, 4) is 0 Å². The first-order valence-corrected chi connectivity index (χ1v) is 8.33. The number of anilines is 2. The molecule has 1 unspecified atom stereocenters. The zero-order valence-corrected chi connectivity index (χ0v) is 12.8. The first-order chi connectivity index (χ1) is 10.8. The van der Waals surface area contributed by atoms with Crippen LogP contribution in [0.1, 0.15) is 24.8 Å². The molecule has 2 amide bonds. The SMILES string of the molecule is O=C(Nc1ccc2c(c1)CCCN2)N1CCOCC1C1CC1. The summed E-state index contributed by atoms with van der Waals surface area (Å²) in [5.74, 6) is 0.638. The van der Waals surface area contributed by atoms with Crippen molar-refractivity contribution in [2.45, 2.75) is 31.7 Å². The van der Waals surface area contributed by atoms with Crippen LogP contribution in [0.3, 0.4) is 0 Å². The van der Waals surface area contributed by atoms with Gasteiger partial charge in [0.2, 0.25) is 0 Å². The molecule has 2 heterocycles. The van der Waals surface area contributed by atoms with Gasteiger partial charge in [0.15, 0.2) is 0 Å². The van der Waals surface area contributed by atoms with Crippen LogP contribution in [0.15, 0.2) is 18.2 Å². The van der Waals surface area contributed by atoms with Gasteiger partial charge in [0, 0.05) is 24.5 Å². The molecule has 4 rings (SSSR count). The Hall–Kier alpha value is -1.75. The number of hydrogen-bond acceptors (Lipinski definition) is 3. The lowest BCUT2D eigenvalue weighted by atomic mass is 10.0. The molecule has 1 aromatic carbocycles. The molecule has 1 saturated carbocycles. The van der Waals surface area contributed by atoms with E-state index in [9.17, 15) is 4.79 Å². The number of carbonyl (C=O) groups excluding carboxylic acids is 1. The molecular weight excluding hydrogens is 278 g/mol. The van der Waals surface area contributed by atoms with E-state index < -0.39 is 0 Å². The molecule has 0 aromatic heterocycles. The van der Waals surface area contributed by atoms with Crippen LogP contribution < -0.4 is 10.6 Å². The molecule has 2 N–H and O–H groups in total. The van der Waals surface area contributed by atoms with E-state index in [0.717, 1.165) is 25.1 Å². The number of hydrogen-bond donors (Lipinski definition) is 2. The quantitative estimate of drug-likeness (QED) is 0.883. The molecule has 2 fully saturated rings. The number of rotatable bonds is 2. The number of urea groups is 1. The highest BCUT2D eigenvalue weighted by Gasteiger charge is 2.39. The third-order valence-electron chi connectivity index (χ3n) is 4.89. The van der Waals surface area contributed by atoms with E-state index in [0.29, 0.717) is 25.7 Å². The predicted molar refractivity (Wildman–Crippen MR) is 86.3 cm³/mol. The standard InChI is InChI=1S/C17H23N3O2/c21-17(20-8-9-22-11-16(20)12-3-4-12)19-14-5-6-15-13(10-14)2-1-7-18-15/h5-6,10,12,16,18H,1-4,7-9,11H2,(H,19,21). The number of nitrogens with zero attached hydrogens (tertiary/aromatic N) is 1. The molecule has 5 nitrogen and oxygen atoms in total. The van der Waals surface area contributed by atoms with E-state index >= 15 is 0 Å². The number of amides is 2. The molecule has 22 heavy (non-hydrogen) atoms. The Morgan fingerprint density at radius 2 is 2.27 bits per heavy atom. The fraction of sp³-hybridized carbons (Fsp3) is 0.588. The van der Waals surface area contributed by atoms with Gasteiger partial charge in [0.05, 0.1) is 19.3 Å². The Bertz CT molecular complexity index is 571. The number of morpholine rings is 1. The molecule has 0 radical (unpaired) electrons. The van der Waals surface area contributed by atoms with Crippen LogP contribution in [0.5, 0.6) is 0 Å². The Morgan fingerprint density at radius 3 is 3.14 bits per heavy atom. The third-order valence-corrected chi connectivity index (χ3v) is 4.89. The number of aryl methyl sites for hydroxylation is 1. The fourth-order valence-electron chi connectivity index (χ4n) is 3.49. The minimum absolute atomic E-state index is 0.0175. The van der Waals surface area contributed by atoms with Crippen molar-refractivity contribution in [3.05, 3.63) is 23.8 Å². The summed E-state index contributed by atoms with van der Waals surface area (Å²) in [6, 6.07) is 6.44. The summed E-state index contributed by atoms with van der Waals surface area (Å²) in [4.78, 5) is 14.6. The van der Waals surface area contributed by atoms with Crippen LogP contribution in [0.4, 0.5) is 16.2 Å². The summed E-state index contributed by atoms with van der Waals surface area (Å²) in [5, 5.41) is 6.48. The summed E-state index contributed by atoms with van der Waals surface area (Å²) in [5.41, 5.74) is 3.39. The maximum Gasteiger partial charge on any atom is 0.322 e. The summed E-state index contributed by atoms with van der Waals surface area (Å²) < 4.78 is 5.56. The van der Waals surface area contributed by atoms with Gasteiger partial charge in [0.25, 0.3) is 0 Å². The second-order valence-electron chi connectivity index (χ2n) is 6.51. The Kier molecular flexibility index (Phi) is 3.66. The van der Waals surface area contributed by atoms with Crippen molar-refractivity contribution in [1.29, 1.82) is 0 Å². The van der Waals surface area contributed by atoms with Gasteiger partial charge in [-0.3, -0.25) is 0 Å². The maximum absolute atomic E-state index is 12.6. The third kappa shape index (κ3) is 2.77. The van der Waals surface area contributed by atoms with E-state index in [-0.39, 0.29) is 12.1 Å². The normalized spacial score (nSPS) is 24.4. The smallest absolute Gasteiger partial charge is 0.322 e. The lowest BCUT2D eigenvalue weighted by Gasteiger charge is -2.35. The summed E-state index contributed by atoms with van der Waals surface area (Å²) in [7, 11) is 0. The topological polar surface area (TPSA) is 53.6 Å². The highest BCUT2D eigenvalue weighted by molar-refractivity contribution is 5.90. The van der Waals surface area contributed by atoms with Crippen LogP contribution in [0, 0.1) is 5.92 Å².